The summed E-state index contributed by atoms with van der Waals surface area (Å²) in [5.41, 5.74) is 5.35. The summed E-state index contributed by atoms with van der Waals surface area (Å²) < 4.78 is 0. The van der Waals surface area contributed by atoms with E-state index in [0.29, 0.717) is 11.8 Å². The van der Waals surface area contributed by atoms with Crippen molar-refractivity contribution in [3.63, 3.8) is 0 Å². The van der Waals surface area contributed by atoms with E-state index >= 15 is 0 Å². The molecule has 0 spiro atoms. The molecule has 2 aromatic rings. The van der Waals surface area contributed by atoms with Gasteiger partial charge in [-0.25, -0.2) is 0 Å². The highest BCUT2D eigenvalue weighted by Crippen LogP contribution is 2.35. The Hall–Kier alpha value is -1.57. The van der Waals surface area contributed by atoms with Gasteiger partial charge in [-0.15, -0.1) is 0 Å². The van der Waals surface area contributed by atoms with Crippen molar-refractivity contribution in [1.29, 1.82) is 0 Å². The van der Waals surface area contributed by atoms with Crippen LogP contribution in [0.5, 0.6) is 0 Å². The van der Waals surface area contributed by atoms with Crippen molar-refractivity contribution >= 4 is 0 Å². The van der Waals surface area contributed by atoms with Crippen LogP contribution in [0, 0.1) is 0 Å². The highest BCUT2D eigenvalue weighted by molar-refractivity contribution is 5.71. The zero-order valence-corrected chi connectivity index (χ0v) is 11.0. The van der Waals surface area contributed by atoms with Crippen LogP contribution in [0.25, 0.3) is 11.1 Å². The van der Waals surface area contributed by atoms with Crippen LogP contribution >= 0.6 is 0 Å². The number of nitrogens with one attached hydrogen (secondary N) is 1. The maximum Gasteiger partial charge on any atom is 0.0565 e. The zero-order valence-electron chi connectivity index (χ0n) is 11.0. The number of aromatic nitrogens is 2. The van der Waals surface area contributed by atoms with Crippen molar-refractivity contribution < 1.29 is 0 Å². The van der Waals surface area contributed by atoms with Crippen molar-refractivity contribution in [3.8, 4) is 11.1 Å². The molecule has 0 aliphatic rings. The van der Waals surface area contributed by atoms with Gasteiger partial charge in [0.05, 0.1) is 6.20 Å². The van der Waals surface area contributed by atoms with E-state index in [1.807, 2.05) is 12.4 Å². The molecule has 0 amide bonds. The van der Waals surface area contributed by atoms with Gasteiger partial charge in [0.1, 0.15) is 0 Å². The van der Waals surface area contributed by atoms with Crippen LogP contribution in [-0.2, 0) is 0 Å². The van der Waals surface area contributed by atoms with Crippen molar-refractivity contribution in [2.75, 3.05) is 0 Å². The highest BCUT2D eigenvalue weighted by atomic mass is 15.1. The SMILES string of the molecule is CC(C)c1cccc(C(C)C)c1-c1cn[nH]c1. The first-order chi connectivity index (χ1) is 8.11. The molecule has 0 saturated heterocycles. The smallest absolute Gasteiger partial charge is 0.0565 e. The molecule has 0 aliphatic heterocycles. The van der Waals surface area contributed by atoms with Crippen molar-refractivity contribution in [2.24, 2.45) is 0 Å². The Balaban J connectivity index is 2.67. The molecule has 1 aromatic heterocycles. The van der Waals surface area contributed by atoms with Crippen LogP contribution in [0.4, 0.5) is 0 Å². The van der Waals surface area contributed by atoms with Gasteiger partial charge in [-0.2, -0.15) is 5.10 Å². The fraction of sp³-hybridized carbons (Fsp3) is 0.400. The highest BCUT2D eigenvalue weighted by Gasteiger charge is 2.15. The third-order valence-corrected chi connectivity index (χ3v) is 3.16. The first-order valence-corrected chi connectivity index (χ1v) is 6.23. The van der Waals surface area contributed by atoms with Gasteiger partial charge >= 0.3 is 0 Å². The molecular weight excluding hydrogens is 208 g/mol. The monoisotopic (exact) mass is 228 g/mol. The average molecular weight is 228 g/mol. The summed E-state index contributed by atoms with van der Waals surface area (Å²) in [7, 11) is 0. The normalized spacial score (nSPS) is 11.4. The lowest BCUT2D eigenvalue weighted by Gasteiger charge is -2.18. The Kier molecular flexibility index (Phi) is 3.32. The van der Waals surface area contributed by atoms with Crippen LogP contribution in [0.15, 0.2) is 30.6 Å². The van der Waals surface area contributed by atoms with E-state index in [4.69, 9.17) is 0 Å². The number of H-pyrrole nitrogens is 1. The fourth-order valence-electron chi connectivity index (χ4n) is 2.27. The molecule has 0 saturated carbocycles. The molecule has 2 rings (SSSR count). The lowest BCUT2D eigenvalue weighted by atomic mass is 9.86. The summed E-state index contributed by atoms with van der Waals surface area (Å²) >= 11 is 0. The predicted molar refractivity (Wildman–Crippen MR) is 72.2 cm³/mol. The fourth-order valence-corrected chi connectivity index (χ4v) is 2.27. The minimum Gasteiger partial charge on any atom is -0.285 e. The second-order valence-corrected chi connectivity index (χ2v) is 5.11. The van der Waals surface area contributed by atoms with E-state index < -0.39 is 0 Å². The summed E-state index contributed by atoms with van der Waals surface area (Å²) in [6, 6.07) is 6.60. The minimum atomic E-state index is 0.526. The Labute approximate surface area is 103 Å². The van der Waals surface area contributed by atoms with Crippen LogP contribution in [0.2, 0.25) is 0 Å². The number of hydrogen-bond acceptors (Lipinski definition) is 1. The van der Waals surface area contributed by atoms with E-state index in [1.54, 1.807) is 0 Å². The van der Waals surface area contributed by atoms with Crippen molar-refractivity contribution in [3.05, 3.63) is 41.7 Å². The first kappa shape index (κ1) is 11.9. The van der Waals surface area contributed by atoms with Crippen molar-refractivity contribution in [1.82, 2.24) is 10.2 Å². The third kappa shape index (κ3) is 2.26. The average Bonchev–Trinajstić information content (AvgIpc) is 2.80. The van der Waals surface area contributed by atoms with Gasteiger partial charge in [-0.1, -0.05) is 45.9 Å². The van der Waals surface area contributed by atoms with Gasteiger partial charge in [0, 0.05) is 11.8 Å². The maximum atomic E-state index is 4.07. The van der Waals surface area contributed by atoms with Gasteiger partial charge in [-0.3, -0.25) is 5.10 Å². The molecule has 0 fully saturated rings. The van der Waals surface area contributed by atoms with E-state index in [0.717, 1.165) is 0 Å². The summed E-state index contributed by atoms with van der Waals surface area (Å²) in [5, 5.41) is 6.98. The summed E-state index contributed by atoms with van der Waals surface area (Å²) in [5.74, 6) is 1.05. The predicted octanol–water partition coefficient (Wildman–Crippen LogP) is 4.32. The number of nitrogens with zero attached hydrogens (tertiary/aromatic N) is 1. The molecule has 1 aromatic carbocycles. The largest absolute Gasteiger partial charge is 0.285 e. The van der Waals surface area contributed by atoms with Gasteiger partial charge in [0.25, 0.3) is 0 Å². The molecule has 2 nitrogen and oxygen atoms in total. The number of hydrogen-bond donors (Lipinski definition) is 1. The van der Waals surface area contributed by atoms with E-state index in [-0.39, 0.29) is 0 Å². The number of rotatable bonds is 3. The lowest BCUT2D eigenvalue weighted by molar-refractivity contribution is 0.838. The van der Waals surface area contributed by atoms with Gasteiger partial charge in [0.2, 0.25) is 0 Å². The molecule has 0 unspecified atom stereocenters. The van der Waals surface area contributed by atoms with Gasteiger partial charge in [0.15, 0.2) is 0 Å². The molecule has 1 N–H and O–H groups in total. The number of aromatic amines is 1. The first-order valence-electron chi connectivity index (χ1n) is 6.23. The van der Waals surface area contributed by atoms with Crippen LogP contribution in [0.1, 0.15) is 50.7 Å². The van der Waals surface area contributed by atoms with Crippen LogP contribution < -0.4 is 0 Å². The van der Waals surface area contributed by atoms with E-state index in [9.17, 15) is 0 Å². The Morgan fingerprint density at radius 1 is 1.00 bits per heavy atom. The molecule has 0 radical (unpaired) electrons. The Bertz CT molecular complexity index is 455. The van der Waals surface area contributed by atoms with Crippen molar-refractivity contribution in [2.45, 2.75) is 39.5 Å². The van der Waals surface area contributed by atoms with Gasteiger partial charge in [-0.05, 0) is 28.5 Å². The maximum absolute atomic E-state index is 4.07. The summed E-state index contributed by atoms with van der Waals surface area (Å²) in [6.07, 6.45) is 3.89. The molecule has 17 heavy (non-hydrogen) atoms. The second-order valence-electron chi connectivity index (χ2n) is 5.11. The van der Waals surface area contributed by atoms with Crippen LogP contribution in [0.3, 0.4) is 0 Å². The molecule has 90 valence electrons. The summed E-state index contributed by atoms with van der Waals surface area (Å²) in [4.78, 5) is 0. The summed E-state index contributed by atoms with van der Waals surface area (Å²) in [6.45, 7) is 8.96. The molecule has 0 bridgehead atoms. The quantitative estimate of drug-likeness (QED) is 0.832. The molecule has 1 heterocycles. The zero-order chi connectivity index (χ0) is 12.4. The second kappa shape index (κ2) is 4.74. The van der Waals surface area contributed by atoms with E-state index in [2.05, 4.69) is 56.1 Å². The molecule has 0 aliphatic carbocycles. The van der Waals surface area contributed by atoms with E-state index in [1.165, 1.54) is 22.3 Å². The molecule has 2 heteroatoms. The molecule has 0 atom stereocenters. The lowest BCUT2D eigenvalue weighted by Crippen LogP contribution is -1.98. The Morgan fingerprint density at radius 3 is 2.00 bits per heavy atom. The topological polar surface area (TPSA) is 28.7 Å². The Morgan fingerprint density at radius 2 is 1.59 bits per heavy atom. The standard InChI is InChI=1S/C15H20N2/c1-10(2)13-6-5-7-14(11(3)4)15(13)12-8-16-17-9-12/h5-11H,1-4H3,(H,16,17). The molecular formula is C15H20N2. The third-order valence-electron chi connectivity index (χ3n) is 3.16. The minimum absolute atomic E-state index is 0.526. The van der Waals surface area contributed by atoms with Crippen LogP contribution in [-0.4, -0.2) is 10.2 Å². The van der Waals surface area contributed by atoms with Gasteiger partial charge < -0.3 is 0 Å². The number of benzene rings is 1.